The van der Waals surface area contributed by atoms with Crippen molar-refractivity contribution in [3.05, 3.63) is 72.2 Å². The average molecular weight is 438 g/mol. The molecule has 2 amide bonds. The van der Waals surface area contributed by atoms with Crippen LogP contribution in [0.3, 0.4) is 0 Å². The molecule has 0 unspecified atom stereocenters. The second-order valence-corrected chi connectivity index (χ2v) is 6.94. The van der Waals surface area contributed by atoms with Crippen LogP contribution in [0.4, 0.5) is 0 Å². The minimum Gasteiger partial charge on any atom is -0.493 e. The molecule has 3 aromatic rings. The highest BCUT2D eigenvalue weighted by molar-refractivity contribution is 5.92. The molecule has 1 N–H and O–H groups in total. The molecule has 2 heterocycles. The van der Waals surface area contributed by atoms with Gasteiger partial charge in [0.2, 0.25) is 5.91 Å². The Balaban J connectivity index is 1.52. The fourth-order valence-electron chi connectivity index (χ4n) is 3.12. The van der Waals surface area contributed by atoms with Gasteiger partial charge in [0.15, 0.2) is 11.5 Å². The zero-order chi connectivity index (χ0) is 22.8. The minimum atomic E-state index is -0.312. The van der Waals surface area contributed by atoms with E-state index in [1.807, 2.05) is 18.2 Å². The van der Waals surface area contributed by atoms with Gasteiger partial charge in [-0.3, -0.25) is 14.6 Å². The molecule has 0 spiro atoms. The molecule has 32 heavy (non-hydrogen) atoms. The summed E-state index contributed by atoms with van der Waals surface area (Å²) < 4.78 is 15.9. The number of aromatic nitrogens is 2. The fraction of sp³-hybridized carbons (Fsp3) is 0.304. The summed E-state index contributed by atoms with van der Waals surface area (Å²) in [5, 5.41) is 2.89. The molecular formula is C23H26N4O5. The molecule has 0 aliphatic heterocycles. The third-order valence-corrected chi connectivity index (χ3v) is 4.79. The molecule has 2 aromatic heterocycles. The number of methoxy groups -OCH3 is 2. The fourth-order valence-corrected chi connectivity index (χ4v) is 3.12. The number of amides is 2. The monoisotopic (exact) mass is 438 g/mol. The van der Waals surface area contributed by atoms with Crippen molar-refractivity contribution in [1.82, 2.24) is 20.2 Å². The zero-order valence-electron chi connectivity index (χ0n) is 18.1. The number of hydrogen-bond acceptors (Lipinski definition) is 7. The SMILES string of the molecule is COc1ccc(CCNC(=O)CCN(Cc2ccco2)C(=O)c2cnccn2)cc1OC. The topological polar surface area (TPSA) is 107 Å². The molecule has 0 aliphatic carbocycles. The Labute approximate surface area is 186 Å². The highest BCUT2D eigenvalue weighted by atomic mass is 16.5. The lowest BCUT2D eigenvalue weighted by Gasteiger charge is -2.21. The third kappa shape index (κ3) is 6.31. The lowest BCUT2D eigenvalue weighted by atomic mass is 10.1. The van der Waals surface area contributed by atoms with E-state index >= 15 is 0 Å². The van der Waals surface area contributed by atoms with Gasteiger partial charge in [-0.05, 0) is 36.2 Å². The van der Waals surface area contributed by atoms with Crippen molar-refractivity contribution in [2.24, 2.45) is 0 Å². The minimum absolute atomic E-state index is 0.151. The highest BCUT2D eigenvalue weighted by Gasteiger charge is 2.19. The smallest absolute Gasteiger partial charge is 0.274 e. The summed E-state index contributed by atoms with van der Waals surface area (Å²) in [5.74, 6) is 1.46. The van der Waals surface area contributed by atoms with Gasteiger partial charge in [0.05, 0.1) is 33.2 Å². The number of nitrogens with one attached hydrogen (secondary N) is 1. The number of hydrogen-bond donors (Lipinski definition) is 1. The van der Waals surface area contributed by atoms with E-state index in [-0.39, 0.29) is 37.0 Å². The molecule has 9 nitrogen and oxygen atoms in total. The molecule has 3 rings (SSSR count). The quantitative estimate of drug-likeness (QED) is 0.490. The van der Waals surface area contributed by atoms with Crippen LogP contribution in [0, 0.1) is 0 Å². The van der Waals surface area contributed by atoms with Crippen molar-refractivity contribution >= 4 is 11.8 Å². The predicted molar refractivity (Wildman–Crippen MR) is 116 cm³/mol. The summed E-state index contributed by atoms with van der Waals surface area (Å²) in [6.07, 6.45) is 6.69. The maximum absolute atomic E-state index is 12.8. The first-order chi connectivity index (χ1) is 15.6. The second-order valence-electron chi connectivity index (χ2n) is 6.94. The van der Waals surface area contributed by atoms with Crippen LogP contribution in [-0.4, -0.2) is 54.0 Å². The molecule has 0 saturated carbocycles. The molecule has 0 atom stereocenters. The standard InChI is InChI=1S/C23H26N4O5/c1-30-20-6-5-17(14-21(20)31-2)7-9-26-22(28)8-12-27(16-18-4-3-13-32-18)23(29)19-15-24-10-11-25-19/h3-6,10-11,13-15H,7-9,12,16H2,1-2H3,(H,26,28). The maximum atomic E-state index is 12.8. The summed E-state index contributed by atoms with van der Waals surface area (Å²) in [6.45, 7) is 0.921. The lowest BCUT2D eigenvalue weighted by Crippen LogP contribution is -2.35. The van der Waals surface area contributed by atoms with Crippen molar-refractivity contribution in [2.75, 3.05) is 27.3 Å². The second kappa shape index (κ2) is 11.5. The van der Waals surface area contributed by atoms with Crippen LogP contribution < -0.4 is 14.8 Å². The Bertz CT molecular complexity index is 1010. The number of benzene rings is 1. The molecule has 0 bridgehead atoms. The van der Waals surface area contributed by atoms with Crippen LogP contribution in [0.15, 0.2) is 59.6 Å². The van der Waals surface area contributed by atoms with Crippen LogP contribution in [0.25, 0.3) is 0 Å². The van der Waals surface area contributed by atoms with Crippen molar-refractivity contribution in [3.63, 3.8) is 0 Å². The number of carbonyl (C=O) groups is 2. The largest absolute Gasteiger partial charge is 0.493 e. The van der Waals surface area contributed by atoms with Crippen LogP contribution >= 0.6 is 0 Å². The molecule has 0 fully saturated rings. The van der Waals surface area contributed by atoms with E-state index in [1.54, 1.807) is 32.6 Å². The Hall–Kier alpha value is -3.88. The molecule has 0 saturated heterocycles. The molecule has 0 aliphatic rings. The van der Waals surface area contributed by atoms with Crippen LogP contribution in [0.1, 0.15) is 28.2 Å². The van der Waals surface area contributed by atoms with E-state index in [9.17, 15) is 9.59 Å². The normalized spacial score (nSPS) is 10.4. The summed E-state index contributed by atoms with van der Waals surface area (Å²) in [7, 11) is 3.17. The van der Waals surface area contributed by atoms with Gasteiger partial charge in [-0.25, -0.2) is 4.98 Å². The lowest BCUT2D eigenvalue weighted by molar-refractivity contribution is -0.121. The van der Waals surface area contributed by atoms with E-state index < -0.39 is 0 Å². The van der Waals surface area contributed by atoms with Gasteiger partial charge in [0.1, 0.15) is 11.5 Å². The number of nitrogens with zero attached hydrogens (tertiary/aromatic N) is 3. The Morgan fingerprint density at radius 3 is 2.66 bits per heavy atom. The number of carbonyl (C=O) groups excluding carboxylic acids is 2. The number of furan rings is 1. The summed E-state index contributed by atoms with van der Waals surface area (Å²) in [4.78, 5) is 34.7. The third-order valence-electron chi connectivity index (χ3n) is 4.79. The first kappa shape index (κ1) is 22.8. The van der Waals surface area contributed by atoms with Gasteiger partial charge in [-0.2, -0.15) is 0 Å². The van der Waals surface area contributed by atoms with Gasteiger partial charge < -0.3 is 24.1 Å². The van der Waals surface area contributed by atoms with Crippen molar-refractivity contribution < 1.29 is 23.5 Å². The molecule has 0 radical (unpaired) electrons. The van der Waals surface area contributed by atoms with E-state index in [4.69, 9.17) is 13.9 Å². The number of ether oxygens (including phenoxy) is 2. The van der Waals surface area contributed by atoms with Crippen molar-refractivity contribution in [2.45, 2.75) is 19.4 Å². The average Bonchev–Trinajstić information content (AvgIpc) is 3.35. The van der Waals surface area contributed by atoms with Crippen LogP contribution in [-0.2, 0) is 17.8 Å². The predicted octanol–water partition coefficient (Wildman–Crippen LogP) is 2.48. The summed E-state index contributed by atoms with van der Waals surface area (Å²) >= 11 is 0. The van der Waals surface area contributed by atoms with E-state index in [0.717, 1.165) is 5.56 Å². The van der Waals surface area contributed by atoms with Gasteiger partial charge in [-0.1, -0.05) is 6.07 Å². The van der Waals surface area contributed by atoms with E-state index in [1.165, 1.54) is 23.5 Å². The Morgan fingerprint density at radius 2 is 1.97 bits per heavy atom. The van der Waals surface area contributed by atoms with Gasteiger partial charge in [0.25, 0.3) is 5.91 Å². The molecule has 168 valence electrons. The summed E-state index contributed by atoms with van der Waals surface area (Å²) in [6, 6.07) is 9.18. The van der Waals surface area contributed by atoms with Crippen molar-refractivity contribution in [3.8, 4) is 11.5 Å². The van der Waals surface area contributed by atoms with Crippen molar-refractivity contribution in [1.29, 1.82) is 0 Å². The van der Waals surface area contributed by atoms with E-state index in [2.05, 4.69) is 15.3 Å². The molecule has 9 heteroatoms. The van der Waals surface area contributed by atoms with Crippen LogP contribution in [0.5, 0.6) is 11.5 Å². The van der Waals surface area contributed by atoms with Crippen LogP contribution in [0.2, 0.25) is 0 Å². The van der Waals surface area contributed by atoms with Gasteiger partial charge in [0, 0.05) is 31.9 Å². The Kier molecular flexibility index (Phi) is 8.19. The highest BCUT2D eigenvalue weighted by Crippen LogP contribution is 2.27. The molecular weight excluding hydrogens is 412 g/mol. The van der Waals surface area contributed by atoms with Gasteiger partial charge >= 0.3 is 0 Å². The Morgan fingerprint density at radius 1 is 1.12 bits per heavy atom. The maximum Gasteiger partial charge on any atom is 0.274 e. The first-order valence-electron chi connectivity index (χ1n) is 10.2. The first-order valence-corrected chi connectivity index (χ1v) is 10.2. The molecule has 1 aromatic carbocycles. The van der Waals surface area contributed by atoms with E-state index in [0.29, 0.717) is 30.2 Å². The zero-order valence-corrected chi connectivity index (χ0v) is 18.1. The summed E-state index contributed by atoms with van der Waals surface area (Å²) in [5.41, 5.74) is 1.23. The number of rotatable bonds is 11. The van der Waals surface area contributed by atoms with Gasteiger partial charge in [-0.15, -0.1) is 0 Å².